The molecule has 1 atom stereocenters. The number of rotatable bonds is 6. The molecule has 26 heavy (non-hydrogen) atoms. The first kappa shape index (κ1) is 18.3. The first-order valence-corrected chi connectivity index (χ1v) is 9.50. The number of piperidine rings is 1. The Bertz CT molecular complexity index is 746. The Kier molecular flexibility index (Phi) is 6.14. The topological polar surface area (TPSA) is 59.3 Å². The number of hydrogen-bond acceptors (Lipinski definition) is 4. The van der Waals surface area contributed by atoms with Gasteiger partial charge in [0, 0.05) is 18.8 Å². The van der Waals surface area contributed by atoms with Gasteiger partial charge in [0.1, 0.15) is 6.07 Å². The van der Waals surface area contributed by atoms with E-state index in [-0.39, 0.29) is 12.1 Å². The van der Waals surface area contributed by atoms with Gasteiger partial charge in [-0.25, -0.2) is 0 Å². The number of nitrogens with zero attached hydrogens (tertiary/aromatic N) is 2. The van der Waals surface area contributed by atoms with Crippen molar-refractivity contribution in [2.75, 3.05) is 23.3 Å². The largest absolute Gasteiger partial charge is 0.393 e. The van der Waals surface area contributed by atoms with E-state index in [0.29, 0.717) is 5.56 Å². The molecule has 1 fully saturated rings. The number of anilines is 2. The van der Waals surface area contributed by atoms with E-state index in [1.54, 1.807) is 0 Å². The minimum absolute atomic E-state index is 0.210. The highest BCUT2D eigenvalue weighted by Crippen LogP contribution is 2.29. The normalized spacial score (nSPS) is 16.1. The number of benzene rings is 2. The number of nitriles is 1. The summed E-state index contributed by atoms with van der Waals surface area (Å²) >= 11 is 0. The van der Waals surface area contributed by atoms with Crippen LogP contribution in [0.15, 0.2) is 48.5 Å². The van der Waals surface area contributed by atoms with E-state index in [9.17, 15) is 10.4 Å². The van der Waals surface area contributed by atoms with Crippen LogP contribution in [-0.4, -0.2) is 24.3 Å². The third kappa shape index (κ3) is 4.36. The van der Waals surface area contributed by atoms with Gasteiger partial charge in [-0.1, -0.05) is 43.7 Å². The molecule has 1 saturated heterocycles. The van der Waals surface area contributed by atoms with Crippen molar-refractivity contribution in [2.24, 2.45) is 0 Å². The molecule has 3 rings (SSSR count). The second-order valence-electron chi connectivity index (χ2n) is 6.96. The van der Waals surface area contributed by atoms with Crippen LogP contribution in [0.1, 0.15) is 49.8 Å². The van der Waals surface area contributed by atoms with Crippen molar-refractivity contribution in [1.29, 1.82) is 5.26 Å². The summed E-state index contributed by atoms with van der Waals surface area (Å²) in [6.45, 7) is 3.78. The Balaban J connectivity index is 1.79. The van der Waals surface area contributed by atoms with Crippen molar-refractivity contribution in [3.05, 3.63) is 59.7 Å². The summed E-state index contributed by atoms with van der Waals surface area (Å²) in [6, 6.07) is 19.1. The molecule has 1 heterocycles. The summed E-state index contributed by atoms with van der Waals surface area (Å²) in [7, 11) is 0. The molecule has 0 spiro atoms. The minimum Gasteiger partial charge on any atom is -0.393 e. The van der Waals surface area contributed by atoms with E-state index in [0.717, 1.165) is 50.1 Å². The number of aliphatic hydroxyl groups is 1. The van der Waals surface area contributed by atoms with Gasteiger partial charge < -0.3 is 15.3 Å². The highest BCUT2D eigenvalue weighted by molar-refractivity contribution is 5.66. The molecule has 0 saturated carbocycles. The Morgan fingerprint density at radius 2 is 1.92 bits per heavy atom. The lowest BCUT2D eigenvalue weighted by atomic mass is 10.0. The standard InChI is InChI=1S/C22H27N3O/c1-2-6-21(17-7-4-3-5-8-17)24-19-9-10-22(18(15-19)16-23)25-13-11-20(26)12-14-25/h3-5,7-10,15,20-21,24,26H,2,6,11-14H2,1H3. The third-order valence-corrected chi connectivity index (χ3v) is 5.04. The van der Waals surface area contributed by atoms with Crippen molar-refractivity contribution in [2.45, 2.75) is 44.8 Å². The molecule has 4 heteroatoms. The molecule has 1 unspecified atom stereocenters. The van der Waals surface area contributed by atoms with Gasteiger partial charge in [0.2, 0.25) is 0 Å². The number of nitrogens with one attached hydrogen (secondary N) is 1. The van der Waals surface area contributed by atoms with Gasteiger partial charge >= 0.3 is 0 Å². The molecular formula is C22H27N3O. The van der Waals surface area contributed by atoms with E-state index < -0.39 is 0 Å². The molecular weight excluding hydrogens is 322 g/mol. The molecule has 0 amide bonds. The van der Waals surface area contributed by atoms with Crippen LogP contribution in [0.25, 0.3) is 0 Å². The van der Waals surface area contributed by atoms with Crippen molar-refractivity contribution < 1.29 is 5.11 Å². The molecule has 0 bridgehead atoms. The Morgan fingerprint density at radius 1 is 1.19 bits per heavy atom. The van der Waals surface area contributed by atoms with Crippen LogP contribution in [-0.2, 0) is 0 Å². The number of aliphatic hydroxyl groups excluding tert-OH is 1. The summed E-state index contributed by atoms with van der Waals surface area (Å²) < 4.78 is 0. The molecule has 2 N–H and O–H groups in total. The van der Waals surface area contributed by atoms with Gasteiger partial charge in [-0.3, -0.25) is 0 Å². The summed E-state index contributed by atoms with van der Waals surface area (Å²) in [6.07, 6.45) is 3.44. The van der Waals surface area contributed by atoms with Crippen LogP contribution in [0.2, 0.25) is 0 Å². The molecule has 136 valence electrons. The second-order valence-corrected chi connectivity index (χ2v) is 6.96. The van der Waals surface area contributed by atoms with Crippen molar-refractivity contribution in [1.82, 2.24) is 0 Å². The Hall–Kier alpha value is -2.51. The van der Waals surface area contributed by atoms with Crippen molar-refractivity contribution >= 4 is 11.4 Å². The lowest BCUT2D eigenvalue weighted by Crippen LogP contribution is -2.36. The molecule has 2 aromatic rings. The lowest BCUT2D eigenvalue weighted by molar-refractivity contribution is 0.145. The van der Waals surface area contributed by atoms with Gasteiger partial charge in [-0.15, -0.1) is 0 Å². The Labute approximate surface area is 156 Å². The van der Waals surface area contributed by atoms with Crippen LogP contribution in [0.4, 0.5) is 11.4 Å². The molecule has 1 aliphatic heterocycles. The summed E-state index contributed by atoms with van der Waals surface area (Å²) in [5.74, 6) is 0. The van der Waals surface area contributed by atoms with Crippen LogP contribution < -0.4 is 10.2 Å². The molecule has 1 aliphatic rings. The van der Waals surface area contributed by atoms with E-state index in [1.807, 2.05) is 18.2 Å². The molecule has 0 aliphatic carbocycles. The highest BCUT2D eigenvalue weighted by atomic mass is 16.3. The maximum atomic E-state index is 9.70. The maximum Gasteiger partial charge on any atom is 0.101 e. The fourth-order valence-corrected chi connectivity index (χ4v) is 3.60. The first-order valence-electron chi connectivity index (χ1n) is 9.50. The van der Waals surface area contributed by atoms with Gasteiger partial charge in [0.15, 0.2) is 0 Å². The zero-order chi connectivity index (χ0) is 18.4. The van der Waals surface area contributed by atoms with Gasteiger partial charge in [-0.2, -0.15) is 5.26 Å². The van der Waals surface area contributed by atoms with Crippen LogP contribution in [0.5, 0.6) is 0 Å². The van der Waals surface area contributed by atoms with E-state index in [1.165, 1.54) is 5.56 Å². The van der Waals surface area contributed by atoms with Gasteiger partial charge in [0.05, 0.1) is 23.4 Å². The quantitative estimate of drug-likeness (QED) is 0.808. The third-order valence-electron chi connectivity index (χ3n) is 5.04. The molecule has 2 aromatic carbocycles. The smallest absolute Gasteiger partial charge is 0.101 e. The zero-order valence-corrected chi connectivity index (χ0v) is 15.4. The first-order chi connectivity index (χ1) is 12.7. The average Bonchev–Trinajstić information content (AvgIpc) is 2.69. The van der Waals surface area contributed by atoms with Crippen molar-refractivity contribution in [3.63, 3.8) is 0 Å². The van der Waals surface area contributed by atoms with Gasteiger partial charge in [-0.05, 0) is 43.0 Å². The summed E-state index contributed by atoms with van der Waals surface area (Å²) in [4.78, 5) is 2.20. The monoisotopic (exact) mass is 349 g/mol. The minimum atomic E-state index is -0.210. The van der Waals surface area contributed by atoms with E-state index in [4.69, 9.17) is 0 Å². The number of hydrogen-bond donors (Lipinski definition) is 2. The highest BCUT2D eigenvalue weighted by Gasteiger charge is 2.20. The van der Waals surface area contributed by atoms with E-state index >= 15 is 0 Å². The van der Waals surface area contributed by atoms with Crippen LogP contribution in [0.3, 0.4) is 0 Å². The molecule has 0 aromatic heterocycles. The zero-order valence-electron chi connectivity index (χ0n) is 15.4. The van der Waals surface area contributed by atoms with Crippen LogP contribution >= 0.6 is 0 Å². The Morgan fingerprint density at radius 3 is 2.58 bits per heavy atom. The predicted molar refractivity (Wildman–Crippen MR) is 106 cm³/mol. The summed E-state index contributed by atoms with van der Waals surface area (Å²) in [5.41, 5.74) is 3.90. The van der Waals surface area contributed by atoms with Crippen molar-refractivity contribution in [3.8, 4) is 6.07 Å². The molecule has 4 nitrogen and oxygen atoms in total. The predicted octanol–water partition coefficient (Wildman–Crippen LogP) is 4.47. The van der Waals surface area contributed by atoms with Crippen LogP contribution in [0, 0.1) is 11.3 Å². The second kappa shape index (κ2) is 8.73. The fourth-order valence-electron chi connectivity index (χ4n) is 3.60. The summed E-state index contributed by atoms with van der Waals surface area (Å²) in [5, 5.41) is 22.9. The SMILES string of the molecule is CCCC(Nc1ccc(N2CCC(O)CC2)c(C#N)c1)c1ccccc1. The van der Waals surface area contributed by atoms with Gasteiger partial charge in [0.25, 0.3) is 0 Å². The molecule has 0 radical (unpaired) electrons. The lowest BCUT2D eigenvalue weighted by Gasteiger charge is -2.32. The maximum absolute atomic E-state index is 9.70. The van der Waals surface area contributed by atoms with E-state index in [2.05, 4.69) is 53.5 Å². The average molecular weight is 349 g/mol. The fraction of sp³-hybridized carbons (Fsp3) is 0.409.